The van der Waals surface area contributed by atoms with Crippen molar-refractivity contribution in [2.75, 3.05) is 6.54 Å². The summed E-state index contributed by atoms with van der Waals surface area (Å²) in [4.78, 5) is 0. The molecule has 0 fully saturated rings. The molecule has 2 aromatic carbocycles. The van der Waals surface area contributed by atoms with Crippen LogP contribution in [0.2, 0.25) is 0 Å². The van der Waals surface area contributed by atoms with Gasteiger partial charge in [-0.05, 0) is 0 Å². The van der Waals surface area contributed by atoms with Crippen LogP contribution in [-0.4, -0.2) is 11.8 Å². The Hall–Kier alpha value is -1.68. The first-order chi connectivity index (χ1) is 8.90. The van der Waals surface area contributed by atoms with Gasteiger partial charge in [0.15, 0.2) is 6.04 Å². The Bertz CT molecular complexity index is 445. The van der Waals surface area contributed by atoms with Crippen LogP contribution in [0.15, 0.2) is 60.7 Å². The molecule has 3 heteroatoms. The lowest BCUT2D eigenvalue weighted by molar-refractivity contribution is -0.929. The Morgan fingerprint density at radius 1 is 0.889 bits per heavy atom. The van der Waals surface area contributed by atoms with E-state index in [2.05, 4.69) is 29.6 Å². The number of hydroxylamine groups is 1. The van der Waals surface area contributed by atoms with Crippen molar-refractivity contribution in [3.63, 3.8) is 0 Å². The fourth-order valence-electron chi connectivity index (χ4n) is 2.03. The quantitative estimate of drug-likeness (QED) is 0.635. The van der Waals surface area contributed by atoms with E-state index in [0.29, 0.717) is 0 Å². The fourth-order valence-corrected chi connectivity index (χ4v) is 2.03. The van der Waals surface area contributed by atoms with E-state index in [1.54, 1.807) is 0 Å². The van der Waals surface area contributed by atoms with Gasteiger partial charge in [-0.1, -0.05) is 60.7 Å². The lowest BCUT2D eigenvalue weighted by Gasteiger charge is -2.10. The Labute approximate surface area is 107 Å². The molecule has 94 valence electrons. The number of hydrogen-bond acceptors (Lipinski definition) is 1. The first kappa shape index (κ1) is 12.8. The minimum atomic E-state index is 0.0925. The summed E-state index contributed by atoms with van der Waals surface area (Å²) < 4.78 is 0. The summed E-state index contributed by atoms with van der Waals surface area (Å²) in [5.74, 6) is 0. The molecule has 18 heavy (non-hydrogen) atoms. The molecule has 0 aliphatic heterocycles. The van der Waals surface area contributed by atoms with Crippen LogP contribution in [0.25, 0.3) is 0 Å². The van der Waals surface area contributed by atoms with Crippen molar-refractivity contribution in [1.29, 1.82) is 0 Å². The van der Waals surface area contributed by atoms with Gasteiger partial charge in [0.05, 0.1) is 0 Å². The summed E-state index contributed by atoms with van der Waals surface area (Å²) in [7, 11) is 0. The van der Waals surface area contributed by atoms with Crippen LogP contribution in [0.4, 0.5) is 0 Å². The molecule has 0 saturated carbocycles. The third-order valence-electron chi connectivity index (χ3n) is 3.05. The van der Waals surface area contributed by atoms with Crippen molar-refractivity contribution in [2.24, 2.45) is 0 Å². The maximum absolute atomic E-state index is 9.33. The van der Waals surface area contributed by atoms with Crippen molar-refractivity contribution in [3.05, 3.63) is 71.8 Å². The van der Waals surface area contributed by atoms with Gasteiger partial charge in [-0.2, -0.15) is 5.48 Å². The van der Waals surface area contributed by atoms with Gasteiger partial charge in [0, 0.05) is 11.1 Å². The third kappa shape index (κ3) is 3.67. The molecule has 2 aromatic rings. The molecule has 0 spiro atoms. The highest BCUT2D eigenvalue weighted by Gasteiger charge is 2.15. The van der Waals surface area contributed by atoms with Crippen LogP contribution in [0.1, 0.15) is 17.2 Å². The average Bonchev–Trinajstić information content (AvgIpc) is 2.46. The first-order valence-corrected chi connectivity index (χ1v) is 6.28. The molecule has 3 nitrogen and oxygen atoms in total. The molecule has 0 aliphatic carbocycles. The molecule has 2 rings (SSSR count). The second kappa shape index (κ2) is 6.91. The molecule has 0 aromatic heterocycles. The number of rotatable bonds is 6. The van der Waals surface area contributed by atoms with Crippen molar-refractivity contribution >= 4 is 0 Å². The SMILES string of the molecule is O[NH2+]C(C[NH2+]Cc1ccccc1)c1ccccc1. The molecule has 0 amide bonds. The summed E-state index contributed by atoms with van der Waals surface area (Å²) in [6, 6.07) is 20.6. The van der Waals surface area contributed by atoms with Crippen molar-refractivity contribution in [1.82, 2.24) is 0 Å². The Kier molecular flexibility index (Phi) is 4.90. The van der Waals surface area contributed by atoms with E-state index in [-0.39, 0.29) is 6.04 Å². The first-order valence-electron chi connectivity index (χ1n) is 6.28. The van der Waals surface area contributed by atoms with Gasteiger partial charge in [0.25, 0.3) is 0 Å². The van der Waals surface area contributed by atoms with Gasteiger partial charge in [-0.15, -0.1) is 0 Å². The van der Waals surface area contributed by atoms with E-state index in [9.17, 15) is 5.21 Å². The molecule has 0 radical (unpaired) electrons. The van der Waals surface area contributed by atoms with Crippen molar-refractivity contribution in [3.8, 4) is 0 Å². The minimum Gasteiger partial charge on any atom is -0.337 e. The van der Waals surface area contributed by atoms with Gasteiger partial charge in [0.2, 0.25) is 0 Å². The largest absolute Gasteiger partial charge is 0.337 e. The van der Waals surface area contributed by atoms with Crippen LogP contribution in [0.5, 0.6) is 0 Å². The highest BCUT2D eigenvalue weighted by atomic mass is 16.5. The Balaban J connectivity index is 1.85. The maximum atomic E-state index is 9.33. The number of quaternary nitrogens is 2. The number of nitrogens with two attached hydrogens (primary N) is 2. The van der Waals surface area contributed by atoms with Gasteiger partial charge in [-0.25, -0.2) is 5.21 Å². The summed E-state index contributed by atoms with van der Waals surface area (Å²) in [5.41, 5.74) is 3.75. The van der Waals surface area contributed by atoms with Crippen LogP contribution < -0.4 is 10.8 Å². The van der Waals surface area contributed by atoms with Gasteiger partial charge in [0.1, 0.15) is 13.1 Å². The van der Waals surface area contributed by atoms with E-state index in [0.717, 1.165) is 18.7 Å². The van der Waals surface area contributed by atoms with E-state index in [4.69, 9.17) is 0 Å². The summed E-state index contributed by atoms with van der Waals surface area (Å²) in [6.07, 6.45) is 0. The zero-order valence-electron chi connectivity index (χ0n) is 10.4. The summed E-state index contributed by atoms with van der Waals surface area (Å²) >= 11 is 0. The van der Waals surface area contributed by atoms with E-state index >= 15 is 0 Å². The second-order valence-corrected chi connectivity index (χ2v) is 4.38. The minimum absolute atomic E-state index is 0.0925. The smallest absolute Gasteiger partial charge is 0.190 e. The zero-order chi connectivity index (χ0) is 12.6. The maximum Gasteiger partial charge on any atom is 0.190 e. The van der Waals surface area contributed by atoms with Gasteiger partial charge in [-0.3, -0.25) is 0 Å². The van der Waals surface area contributed by atoms with Gasteiger partial charge >= 0.3 is 0 Å². The average molecular weight is 244 g/mol. The molecular formula is C15H20N2O+2. The highest BCUT2D eigenvalue weighted by molar-refractivity contribution is 5.17. The monoisotopic (exact) mass is 244 g/mol. The molecule has 1 unspecified atom stereocenters. The third-order valence-corrected chi connectivity index (χ3v) is 3.05. The van der Waals surface area contributed by atoms with Crippen LogP contribution >= 0.6 is 0 Å². The summed E-state index contributed by atoms with van der Waals surface area (Å²) in [5, 5.41) is 11.6. The fraction of sp³-hybridized carbons (Fsp3) is 0.200. The molecule has 5 N–H and O–H groups in total. The molecule has 0 heterocycles. The van der Waals surface area contributed by atoms with E-state index in [1.807, 2.05) is 36.4 Å². The predicted octanol–water partition coefficient (Wildman–Crippen LogP) is 0.444. The Morgan fingerprint density at radius 3 is 2.11 bits per heavy atom. The molecule has 0 bridgehead atoms. The number of hydrogen-bond donors (Lipinski definition) is 3. The number of benzene rings is 2. The van der Waals surface area contributed by atoms with E-state index in [1.165, 1.54) is 11.0 Å². The highest BCUT2D eigenvalue weighted by Crippen LogP contribution is 2.05. The molecule has 1 atom stereocenters. The molecule has 0 saturated heterocycles. The lowest BCUT2D eigenvalue weighted by atomic mass is 10.1. The zero-order valence-corrected chi connectivity index (χ0v) is 10.4. The van der Waals surface area contributed by atoms with Crippen molar-refractivity contribution < 1.29 is 16.0 Å². The standard InChI is InChI=1S/C15H18N2O/c18-17-15(14-9-5-2-6-10-14)12-16-11-13-7-3-1-4-8-13/h1-10,15-18H,11-12H2/p+2. The normalized spacial score (nSPS) is 12.3. The van der Waals surface area contributed by atoms with Crippen LogP contribution in [0, 0.1) is 0 Å². The Morgan fingerprint density at radius 2 is 1.50 bits per heavy atom. The lowest BCUT2D eigenvalue weighted by Crippen LogP contribution is -2.93. The van der Waals surface area contributed by atoms with Crippen LogP contribution in [0.3, 0.4) is 0 Å². The van der Waals surface area contributed by atoms with Gasteiger partial charge < -0.3 is 5.32 Å². The molecule has 0 aliphatic rings. The summed E-state index contributed by atoms with van der Waals surface area (Å²) in [6.45, 7) is 1.80. The predicted molar refractivity (Wildman–Crippen MR) is 69.8 cm³/mol. The molecular weight excluding hydrogens is 224 g/mol. The van der Waals surface area contributed by atoms with E-state index < -0.39 is 0 Å². The second-order valence-electron chi connectivity index (χ2n) is 4.38. The van der Waals surface area contributed by atoms with Crippen molar-refractivity contribution in [2.45, 2.75) is 12.6 Å². The van der Waals surface area contributed by atoms with Crippen LogP contribution in [-0.2, 0) is 6.54 Å². The topological polar surface area (TPSA) is 53.5 Å².